The lowest BCUT2D eigenvalue weighted by molar-refractivity contribution is 0.281. The lowest BCUT2D eigenvalue weighted by atomic mass is 10.1. The Balaban J connectivity index is 1.66. The third kappa shape index (κ3) is 5.12. The smallest absolute Gasteiger partial charge is 0.128 e. The van der Waals surface area contributed by atoms with E-state index in [-0.39, 0.29) is 18.2 Å². The molecule has 2 N–H and O–H groups in total. The summed E-state index contributed by atoms with van der Waals surface area (Å²) in [5.41, 5.74) is 2.64. The summed E-state index contributed by atoms with van der Waals surface area (Å²) in [4.78, 5) is 0. The van der Waals surface area contributed by atoms with Crippen molar-refractivity contribution >= 4 is 0 Å². The number of hydrogen-bond donors (Lipinski definition) is 2. The molecular formula is C21H19F2NO2. The molecule has 0 aromatic heterocycles. The lowest BCUT2D eigenvalue weighted by Crippen LogP contribution is -2.13. The summed E-state index contributed by atoms with van der Waals surface area (Å²) in [6, 6.07) is 17.6. The summed E-state index contributed by atoms with van der Waals surface area (Å²) >= 11 is 0. The zero-order valence-corrected chi connectivity index (χ0v) is 14.1. The summed E-state index contributed by atoms with van der Waals surface area (Å²) in [5.74, 6) is 0.507. The van der Waals surface area contributed by atoms with Crippen molar-refractivity contribution in [1.82, 2.24) is 5.32 Å². The molecule has 0 fully saturated rings. The van der Waals surface area contributed by atoms with Crippen LogP contribution in [0.4, 0.5) is 8.78 Å². The molecule has 0 spiro atoms. The molecule has 0 radical (unpaired) electrons. The number of nitrogens with one attached hydrogen (secondary N) is 1. The third-order valence-corrected chi connectivity index (χ3v) is 3.83. The monoisotopic (exact) mass is 355 g/mol. The van der Waals surface area contributed by atoms with Crippen LogP contribution in [0.2, 0.25) is 0 Å². The highest BCUT2D eigenvalue weighted by Crippen LogP contribution is 2.24. The van der Waals surface area contributed by atoms with Gasteiger partial charge in [-0.25, -0.2) is 8.78 Å². The predicted octanol–water partition coefficient (Wildman–Crippen LogP) is 4.54. The zero-order chi connectivity index (χ0) is 18.4. The Morgan fingerprint density at radius 2 is 1.27 bits per heavy atom. The second-order valence-corrected chi connectivity index (χ2v) is 5.93. The van der Waals surface area contributed by atoms with Crippen molar-refractivity contribution in [3.63, 3.8) is 0 Å². The zero-order valence-electron chi connectivity index (χ0n) is 14.1. The standard InChI is InChI=1S/C21H19F2NO2/c22-18-3-1-15(2-4-18)12-24-13-16-9-17(14-25)11-21(10-16)26-20-7-5-19(23)6-8-20/h1-11,24-25H,12-14H2. The van der Waals surface area contributed by atoms with E-state index >= 15 is 0 Å². The molecule has 26 heavy (non-hydrogen) atoms. The third-order valence-electron chi connectivity index (χ3n) is 3.83. The SMILES string of the molecule is OCc1cc(CNCc2ccc(F)cc2)cc(Oc2ccc(F)cc2)c1. The summed E-state index contributed by atoms with van der Waals surface area (Å²) < 4.78 is 31.7. The van der Waals surface area contributed by atoms with E-state index in [9.17, 15) is 13.9 Å². The maximum Gasteiger partial charge on any atom is 0.128 e. The average Bonchev–Trinajstić information content (AvgIpc) is 2.65. The van der Waals surface area contributed by atoms with E-state index in [0.29, 0.717) is 24.6 Å². The molecule has 0 aliphatic heterocycles. The number of hydrogen-bond acceptors (Lipinski definition) is 3. The number of benzene rings is 3. The molecule has 0 amide bonds. The highest BCUT2D eigenvalue weighted by Gasteiger charge is 2.04. The summed E-state index contributed by atoms with van der Waals surface area (Å²) in [6.07, 6.45) is 0. The van der Waals surface area contributed by atoms with E-state index in [1.165, 1.54) is 24.3 Å². The van der Waals surface area contributed by atoms with Crippen LogP contribution in [0.1, 0.15) is 16.7 Å². The van der Waals surface area contributed by atoms with E-state index in [4.69, 9.17) is 4.74 Å². The molecular weight excluding hydrogens is 336 g/mol. The lowest BCUT2D eigenvalue weighted by Gasteiger charge is -2.11. The molecule has 0 saturated heterocycles. The largest absolute Gasteiger partial charge is 0.457 e. The van der Waals surface area contributed by atoms with Gasteiger partial charge in [0, 0.05) is 13.1 Å². The van der Waals surface area contributed by atoms with Gasteiger partial charge in [-0.1, -0.05) is 18.2 Å². The molecule has 0 heterocycles. The van der Waals surface area contributed by atoms with Gasteiger partial charge in [0.25, 0.3) is 0 Å². The molecule has 3 aromatic rings. The number of aliphatic hydroxyl groups is 1. The molecule has 3 nitrogen and oxygen atoms in total. The van der Waals surface area contributed by atoms with E-state index in [2.05, 4.69) is 5.32 Å². The van der Waals surface area contributed by atoms with Crippen LogP contribution in [0.25, 0.3) is 0 Å². The molecule has 0 aliphatic rings. The van der Waals surface area contributed by atoms with Crippen LogP contribution in [0.3, 0.4) is 0 Å². The first-order valence-corrected chi connectivity index (χ1v) is 8.24. The molecule has 0 unspecified atom stereocenters. The fourth-order valence-corrected chi connectivity index (χ4v) is 2.57. The number of rotatable bonds is 7. The average molecular weight is 355 g/mol. The second-order valence-electron chi connectivity index (χ2n) is 5.93. The van der Waals surface area contributed by atoms with E-state index in [1.807, 2.05) is 12.1 Å². The molecule has 0 saturated carbocycles. The van der Waals surface area contributed by atoms with Crippen molar-refractivity contribution in [2.45, 2.75) is 19.7 Å². The van der Waals surface area contributed by atoms with Crippen LogP contribution in [0.5, 0.6) is 11.5 Å². The Labute approximate surface area is 150 Å². The topological polar surface area (TPSA) is 41.5 Å². The minimum atomic E-state index is -0.327. The van der Waals surface area contributed by atoms with Gasteiger partial charge in [-0.05, 0) is 65.2 Å². The van der Waals surface area contributed by atoms with Crippen LogP contribution in [0.15, 0.2) is 66.7 Å². The Morgan fingerprint density at radius 3 is 1.92 bits per heavy atom. The van der Waals surface area contributed by atoms with Crippen molar-refractivity contribution in [1.29, 1.82) is 0 Å². The van der Waals surface area contributed by atoms with Gasteiger partial charge < -0.3 is 15.2 Å². The van der Waals surface area contributed by atoms with Crippen molar-refractivity contribution < 1.29 is 18.6 Å². The molecule has 134 valence electrons. The van der Waals surface area contributed by atoms with Gasteiger partial charge in [0.1, 0.15) is 23.1 Å². The number of ether oxygens (including phenoxy) is 1. The van der Waals surface area contributed by atoms with Gasteiger partial charge >= 0.3 is 0 Å². The maximum absolute atomic E-state index is 13.0. The van der Waals surface area contributed by atoms with E-state index in [1.54, 1.807) is 30.3 Å². The van der Waals surface area contributed by atoms with Crippen LogP contribution in [0, 0.1) is 11.6 Å². The molecule has 0 aliphatic carbocycles. The van der Waals surface area contributed by atoms with Crippen molar-refractivity contribution in [2.75, 3.05) is 0 Å². The normalized spacial score (nSPS) is 10.7. The van der Waals surface area contributed by atoms with Crippen molar-refractivity contribution in [3.05, 3.63) is 95.1 Å². The molecule has 5 heteroatoms. The van der Waals surface area contributed by atoms with Crippen LogP contribution < -0.4 is 10.1 Å². The Kier molecular flexibility index (Phi) is 5.94. The van der Waals surface area contributed by atoms with Gasteiger partial charge in [-0.2, -0.15) is 0 Å². The first-order chi connectivity index (χ1) is 12.6. The fraction of sp³-hybridized carbons (Fsp3) is 0.143. The molecule has 0 atom stereocenters. The molecule has 3 rings (SSSR count). The minimum absolute atomic E-state index is 0.106. The summed E-state index contributed by atoms with van der Waals surface area (Å²) in [6.45, 7) is 1.05. The highest BCUT2D eigenvalue weighted by molar-refractivity contribution is 5.38. The quantitative estimate of drug-likeness (QED) is 0.654. The summed E-state index contributed by atoms with van der Waals surface area (Å²) in [5, 5.41) is 12.7. The van der Waals surface area contributed by atoms with Crippen LogP contribution >= 0.6 is 0 Å². The van der Waals surface area contributed by atoms with Crippen molar-refractivity contribution in [2.24, 2.45) is 0 Å². The minimum Gasteiger partial charge on any atom is -0.457 e. The first-order valence-electron chi connectivity index (χ1n) is 8.24. The van der Waals surface area contributed by atoms with Gasteiger partial charge in [-0.3, -0.25) is 0 Å². The van der Waals surface area contributed by atoms with Gasteiger partial charge in [-0.15, -0.1) is 0 Å². The number of aliphatic hydroxyl groups excluding tert-OH is 1. The summed E-state index contributed by atoms with van der Waals surface area (Å²) in [7, 11) is 0. The van der Waals surface area contributed by atoms with Gasteiger partial charge in [0.2, 0.25) is 0 Å². The van der Waals surface area contributed by atoms with Gasteiger partial charge in [0.05, 0.1) is 6.61 Å². The highest BCUT2D eigenvalue weighted by atomic mass is 19.1. The fourth-order valence-electron chi connectivity index (χ4n) is 2.57. The first kappa shape index (κ1) is 18.0. The Hall–Kier alpha value is -2.76. The van der Waals surface area contributed by atoms with Gasteiger partial charge in [0.15, 0.2) is 0 Å². The number of halogens is 2. The molecule has 3 aromatic carbocycles. The Morgan fingerprint density at radius 1 is 0.692 bits per heavy atom. The Bertz CT molecular complexity index is 849. The van der Waals surface area contributed by atoms with Crippen LogP contribution in [-0.2, 0) is 19.7 Å². The van der Waals surface area contributed by atoms with E-state index in [0.717, 1.165) is 16.7 Å². The van der Waals surface area contributed by atoms with Crippen molar-refractivity contribution in [3.8, 4) is 11.5 Å². The predicted molar refractivity (Wildman–Crippen MR) is 95.8 cm³/mol. The van der Waals surface area contributed by atoms with Crippen LogP contribution in [-0.4, -0.2) is 5.11 Å². The second kappa shape index (κ2) is 8.56. The van der Waals surface area contributed by atoms with E-state index < -0.39 is 0 Å². The molecule has 0 bridgehead atoms. The maximum atomic E-state index is 13.0.